The average molecular weight is 322 g/mol. The van der Waals surface area contributed by atoms with Gasteiger partial charge < -0.3 is 14.5 Å². The highest BCUT2D eigenvalue weighted by Crippen LogP contribution is 2.35. The Balaban J connectivity index is 1.81. The van der Waals surface area contributed by atoms with Crippen LogP contribution in [-0.2, 0) is 6.42 Å². The fourth-order valence-corrected chi connectivity index (χ4v) is 3.13. The second-order valence-corrected chi connectivity index (χ2v) is 5.59. The van der Waals surface area contributed by atoms with Crippen molar-refractivity contribution in [3.8, 4) is 5.75 Å². The van der Waals surface area contributed by atoms with Crippen LogP contribution in [0.4, 0.5) is 5.69 Å². The molecular weight excluding hydrogens is 306 g/mol. The number of furan rings is 1. The lowest BCUT2D eigenvalue weighted by molar-refractivity contribution is 0.412. The third-order valence-corrected chi connectivity index (χ3v) is 4.16. The maximum absolute atomic E-state index is 5.51. The first-order valence-electron chi connectivity index (χ1n) is 6.44. The molecule has 1 N–H and O–H groups in total. The molecule has 100 valence electrons. The summed E-state index contributed by atoms with van der Waals surface area (Å²) in [7, 11) is 1.67. The molecule has 1 aromatic heterocycles. The molecule has 0 spiro atoms. The zero-order valence-corrected chi connectivity index (χ0v) is 12.4. The lowest BCUT2D eigenvalue weighted by Crippen LogP contribution is -2.15. The van der Waals surface area contributed by atoms with Crippen LogP contribution in [0.3, 0.4) is 0 Å². The number of methoxy groups -OCH3 is 1. The van der Waals surface area contributed by atoms with Gasteiger partial charge in [0.1, 0.15) is 11.5 Å². The Kier molecular flexibility index (Phi) is 3.51. The molecule has 1 aromatic carbocycles. The topological polar surface area (TPSA) is 34.4 Å². The van der Waals surface area contributed by atoms with Gasteiger partial charge in [-0.3, -0.25) is 0 Å². The number of anilines is 1. The van der Waals surface area contributed by atoms with Gasteiger partial charge in [-0.1, -0.05) is 0 Å². The van der Waals surface area contributed by atoms with Crippen LogP contribution in [0.25, 0.3) is 0 Å². The summed E-state index contributed by atoms with van der Waals surface area (Å²) < 4.78 is 11.7. The lowest BCUT2D eigenvalue weighted by atomic mass is 9.93. The fourth-order valence-electron chi connectivity index (χ4n) is 2.59. The molecule has 4 heteroatoms. The highest BCUT2D eigenvalue weighted by molar-refractivity contribution is 9.10. The number of hydrogen-bond donors (Lipinski definition) is 1. The van der Waals surface area contributed by atoms with Crippen molar-refractivity contribution in [3.05, 3.63) is 46.3 Å². The Hall–Kier alpha value is -1.42. The highest BCUT2D eigenvalue weighted by atomic mass is 79.9. The molecule has 2 aromatic rings. The Morgan fingerprint density at radius 1 is 1.37 bits per heavy atom. The monoisotopic (exact) mass is 321 g/mol. The summed E-state index contributed by atoms with van der Waals surface area (Å²) >= 11 is 3.51. The van der Waals surface area contributed by atoms with Crippen LogP contribution in [0.2, 0.25) is 0 Å². The first-order valence-corrected chi connectivity index (χ1v) is 7.23. The van der Waals surface area contributed by atoms with Crippen LogP contribution in [0.1, 0.15) is 30.2 Å². The van der Waals surface area contributed by atoms with Gasteiger partial charge in [0, 0.05) is 17.7 Å². The van der Waals surface area contributed by atoms with Gasteiger partial charge in [-0.15, -0.1) is 0 Å². The summed E-state index contributed by atoms with van der Waals surface area (Å²) in [6.07, 6.45) is 5.13. The van der Waals surface area contributed by atoms with E-state index in [1.807, 2.05) is 18.2 Å². The SMILES string of the molecule is COc1ccc(NC2CCCc3occc32)cc1Br. The molecule has 0 aliphatic heterocycles. The van der Waals surface area contributed by atoms with Gasteiger partial charge in [-0.2, -0.15) is 0 Å². The van der Waals surface area contributed by atoms with Gasteiger partial charge in [0.2, 0.25) is 0 Å². The predicted molar refractivity (Wildman–Crippen MR) is 78.7 cm³/mol. The van der Waals surface area contributed by atoms with E-state index in [0.717, 1.165) is 40.9 Å². The third-order valence-electron chi connectivity index (χ3n) is 3.54. The van der Waals surface area contributed by atoms with E-state index in [2.05, 4.69) is 27.3 Å². The zero-order valence-electron chi connectivity index (χ0n) is 10.8. The summed E-state index contributed by atoms with van der Waals surface area (Å²) in [5, 5.41) is 3.57. The van der Waals surface area contributed by atoms with Gasteiger partial charge in [-0.25, -0.2) is 0 Å². The van der Waals surface area contributed by atoms with Crippen LogP contribution >= 0.6 is 15.9 Å². The molecule has 0 bridgehead atoms. The number of rotatable bonds is 3. The van der Waals surface area contributed by atoms with Crippen molar-refractivity contribution in [2.24, 2.45) is 0 Å². The molecule has 1 atom stereocenters. The summed E-state index contributed by atoms with van der Waals surface area (Å²) in [6, 6.07) is 8.46. The van der Waals surface area contributed by atoms with Crippen molar-refractivity contribution >= 4 is 21.6 Å². The van der Waals surface area contributed by atoms with Crippen molar-refractivity contribution in [2.75, 3.05) is 12.4 Å². The van der Waals surface area contributed by atoms with Gasteiger partial charge >= 0.3 is 0 Å². The molecule has 1 unspecified atom stereocenters. The number of nitrogens with one attached hydrogen (secondary N) is 1. The maximum atomic E-state index is 5.51. The van der Waals surface area contributed by atoms with E-state index >= 15 is 0 Å². The van der Waals surface area contributed by atoms with Crippen molar-refractivity contribution in [2.45, 2.75) is 25.3 Å². The number of ether oxygens (including phenoxy) is 1. The van der Waals surface area contributed by atoms with Gasteiger partial charge in [0.05, 0.1) is 23.9 Å². The first-order chi connectivity index (χ1) is 9.28. The minimum atomic E-state index is 0.336. The summed E-state index contributed by atoms with van der Waals surface area (Å²) in [4.78, 5) is 0. The van der Waals surface area contributed by atoms with Crippen molar-refractivity contribution < 1.29 is 9.15 Å². The zero-order chi connectivity index (χ0) is 13.2. The van der Waals surface area contributed by atoms with Crippen molar-refractivity contribution in [1.29, 1.82) is 0 Å². The van der Waals surface area contributed by atoms with E-state index in [9.17, 15) is 0 Å². The molecule has 0 saturated heterocycles. The largest absolute Gasteiger partial charge is 0.496 e. The number of benzene rings is 1. The van der Waals surface area contributed by atoms with E-state index in [-0.39, 0.29) is 0 Å². The van der Waals surface area contributed by atoms with Crippen LogP contribution in [0.5, 0.6) is 5.75 Å². The van der Waals surface area contributed by atoms with Gasteiger partial charge in [-0.05, 0) is 53.0 Å². The highest BCUT2D eigenvalue weighted by Gasteiger charge is 2.22. The van der Waals surface area contributed by atoms with Gasteiger partial charge in [0.25, 0.3) is 0 Å². The van der Waals surface area contributed by atoms with E-state index in [4.69, 9.17) is 9.15 Å². The molecule has 1 aliphatic rings. The first kappa shape index (κ1) is 12.6. The summed E-state index contributed by atoms with van der Waals surface area (Å²) in [5.74, 6) is 1.97. The average Bonchev–Trinajstić information content (AvgIpc) is 2.88. The molecule has 1 heterocycles. The van der Waals surface area contributed by atoms with E-state index in [0.29, 0.717) is 6.04 Å². The summed E-state index contributed by atoms with van der Waals surface area (Å²) in [5.41, 5.74) is 2.38. The lowest BCUT2D eigenvalue weighted by Gasteiger charge is -2.24. The molecule has 0 radical (unpaired) electrons. The molecule has 0 fully saturated rings. The Morgan fingerprint density at radius 2 is 2.26 bits per heavy atom. The van der Waals surface area contributed by atoms with Crippen LogP contribution < -0.4 is 10.1 Å². The maximum Gasteiger partial charge on any atom is 0.133 e. The Labute approximate surface area is 121 Å². The molecule has 0 amide bonds. The van der Waals surface area contributed by atoms with E-state index < -0.39 is 0 Å². The molecular formula is C15H16BrNO2. The molecule has 3 nitrogen and oxygen atoms in total. The smallest absolute Gasteiger partial charge is 0.133 e. The van der Waals surface area contributed by atoms with Gasteiger partial charge in [0.15, 0.2) is 0 Å². The van der Waals surface area contributed by atoms with Crippen LogP contribution in [-0.4, -0.2) is 7.11 Å². The number of hydrogen-bond acceptors (Lipinski definition) is 3. The molecule has 19 heavy (non-hydrogen) atoms. The van der Waals surface area contributed by atoms with Crippen molar-refractivity contribution in [1.82, 2.24) is 0 Å². The number of halogens is 1. The second kappa shape index (κ2) is 5.29. The minimum absolute atomic E-state index is 0.336. The second-order valence-electron chi connectivity index (χ2n) is 4.74. The van der Waals surface area contributed by atoms with E-state index in [1.165, 1.54) is 5.56 Å². The van der Waals surface area contributed by atoms with Crippen LogP contribution in [0.15, 0.2) is 39.4 Å². The normalized spacial score (nSPS) is 17.9. The molecule has 1 aliphatic carbocycles. The standard InChI is InChI=1S/C15H16BrNO2/c1-18-15-6-5-10(9-12(15)16)17-13-3-2-4-14-11(13)7-8-19-14/h5-9,13,17H,2-4H2,1H3. The summed E-state index contributed by atoms with van der Waals surface area (Å²) in [6.45, 7) is 0. The van der Waals surface area contributed by atoms with E-state index in [1.54, 1.807) is 13.4 Å². The molecule has 3 rings (SSSR count). The Morgan fingerprint density at radius 3 is 3.05 bits per heavy atom. The quantitative estimate of drug-likeness (QED) is 0.901. The number of fused-ring (bicyclic) bond motifs is 1. The third kappa shape index (κ3) is 2.50. The predicted octanol–water partition coefficient (Wildman–Crippen LogP) is 4.54. The van der Waals surface area contributed by atoms with Crippen molar-refractivity contribution in [3.63, 3.8) is 0 Å². The van der Waals surface area contributed by atoms with Crippen LogP contribution in [0, 0.1) is 0 Å². The Bertz CT molecular complexity index is 579. The number of aryl methyl sites for hydroxylation is 1. The molecule has 0 saturated carbocycles. The minimum Gasteiger partial charge on any atom is -0.496 e. The fraction of sp³-hybridized carbons (Fsp3) is 0.333.